The molecule has 0 saturated carbocycles. The number of piperazine rings is 1. The van der Waals surface area contributed by atoms with Crippen molar-refractivity contribution in [2.75, 3.05) is 31.1 Å². The number of nitriles is 1. The molecule has 0 unspecified atom stereocenters. The first-order valence-electron chi connectivity index (χ1n) is 8.71. The number of alkyl halides is 3. The Labute approximate surface area is 159 Å². The molecule has 2 aromatic carbocycles. The van der Waals surface area contributed by atoms with Crippen LogP contribution in [0, 0.1) is 21.4 Å². The van der Waals surface area contributed by atoms with Crippen molar-refractivity contribution < 1.29 is 23.0 Å². The predicted octanol–water partition coefficient (Wildman–Crippen LogP) is 2.39. The Hall–Kier alpha value is -3.12. The van der Waals surface area contributed by atoms with Crippen LogP contribution in [-0.2, 0) is 12.7 Å². The quantitative estimate of drug-likeness (QED) is 0.642. The van der Waals surface area contributed by atoms with E-state index in [9.17, 15) is 28.5 Å². The van der Waals surface area contributed by atoms with Crippen molar-refractivity contribution in [2.45, 2.75) is 12.7 Å². The van der Waals surface area contributed by atoms with Crippen molar-refractivity contribution in [3.63, 3.8) is 0 Å². The van der Waals surface area contributed by atoms with E-state index in [1.165, 1.54) is 11.0 Å². The monoisotopic (exact) mass is 391 g/mol. The number of nitrogens with zero attached hydrogens (tertiary/aromatic N) is 3. The van der Waals surface area contributed by atoms with Gasteiger partial charge in [-0.05, 0) is 18.2 Å². The average molecular weight is 391 g/mol. The highest BCUT2D eigenvalue weighted by Gasteiger charge is 2.34. The van der Waals surface area contributed by atoms with Crippen LogP contribution < -0.4 is 9.80 Å². The maximum atomic E-state index is 12.9. The Morgan fingerprint density at radius 3 is 2.46 bits per heavy atom. The minimum atomic E-state index is -4.62. The lowest BCUT2D eigenvalue weighted by molar-refractivity contribution is -0.914. The maximum Gasteiger partial charge on any atom is 0.416 e. The number of benzene rings is 2. The minimum absolute atomic E-state index is 0.203. The number of quaternary nitrogens is 1. The van der Waals surface area contributed by atoms with E-state index >= 15 is 0 Å². The van der Waals surface area contributed by atoms with Crippen molar-refractivity contribution in [3.8, 4) is 6.07 Å². The molecule has 3 rings (SSSR count). The summed E-state index contributed by atoms with van der Waals surface area (Å²) in [6.45, 7) is 2.95. The van der Waals surface area contributed by atoms with Crippen LogP contribution >= 0.6 is 0 Å². The van der Waals surface area contributed by atoms with Crippen LogP contribution in [0.2, 0.25) is 0 Å². The van der Waals surface area contributed by atoms with Gasteiger partial charge in [0.15, 0.2) is 0 Å². The molecule has 1 fully saturated rings. The van der Waals surface area contributed by atoms with Gasteiger partial charge in [0.1, 0.15) is 12.2 Å². The summed E-state index contributed by atoms with van der Waals surface area (Å²) in [4.78, 5) is 13.5. The van der Waals surface area contributed by atoms with Crippen LogP contribution in [0.3, 0.4) is 0 Å². The summed E-state index contributed by atoms with van der Waals surface area (Å²) in [7, 11) is 0. The van der Waals surface area contributed by atoms with E-state index < -0.39 is 22.4 Å². The van der Waals surface area contributed by atoms with Crippen molar-refractivity contribution in [1.29, 1.82) is 5.26 Å². The van der Waals surface area contributed by atoms with E-state index in [0.29, 0.717) is 44.4 Å². The molecule has 6 nitrogen and oxygen atoms in total. The topological polar surface area (TPSA) is 74.6 Å². The largest absolute Gasteiger partial charge is 0.416 e. The van der Waals surface area contributed by atoms with Gasteiger partial charge in [-0.15, -0.1) is 0 Å². The van der Waals surface area contributed by atoms with Crippen LogP contribution in [0.25, 0.3) is 0 Å². The average Bonchev–Trinajstić information content (AvgIpc) is 2.68. The third-order valence-corrected chi connectivity index (χ3v) is 4.89. The number of nitro groups is 1. The van der Waals surface area contributed by atoms with Crippen molar-refractivity contribution in [2.24, 2.45) is 0 Å². The molecule has 0 aliphatic carbocycles. The Morgan fingerprint density at radius 1 is 1.18 bits per heavy atom. The second-order valence-electron chi connectivity index (χ2n) is 6.64. The molecule has 1 aliphatic heterocycles. The molecule has 0 aromatic heterocycles. The van der Waals surface area contributed by atoms with Crippen LogP contribution in [0.5, 0.6) is 0 Å². The lowest BCUT2D eigenvalue weighted by atomic mass is 10.1. The fraction of sp³-hybridized carbons (Fsp3) is 0.316. The Bertz CT molecular complexity index is 916. The fourth-order valence-corrected chi connectivity index (χ4v) is 3.41. The normalized spacial score (nSPS) is 15.3. The van der Waals surface area contributed by atoms with Gasteiger partial charge in [-0.25, -0.2) is 0 Å². The predicted molar refractivity (Wildman–Crippen MR) is 95.9 cm³/mol. The molecule has 1 heterocycles. The van der Waals surface area contributed by atoms with Crippen LogP contribution in [0.1, 0.15) is 16.7 Å². The molecule has 28 heavy (non-hydrogen) atoms. The van der Waals surface area contributed by atoms with E-state index in [1.807, 2.05) is 12.1 Å². The van der Waals surface area contributed by atoms with Crippen LogP contribution in [0.15, 0.2) is 42.5 Å². The Morgan fingerprint density at radius 2 is 1.86 bits per heavy atom. The molecular weight excluding hydrogens is 373 g/mol. The summed E-state index contributed by atoms with van der Waals surface area (Å²) in [5.74, 6) is 0. The van der Waals surface area contributed by atoms with Gasteiger partial charge >= 0.3 is 6.18 Å². The SMILES string of the molecule is N#Cc1ccccc1C[NH+]1CCN(c2ccc(C(F)(F)F)cc2[N+](=O)[O-])CC1. The summed E-state index contributed by atoms with van der Waals surface area (Å²) in [5, 5.41) is 20.5. The van der Waals surface area contributed by atoms with E-state index in [1.54, 1.807) is 17.0 Å². The number of halogens is 3. The first kappa shape index (κ1) is 19.6. The van der Waals surface area contributed by atoms with Gasteiger partial charge in [-0.3, -0.25) is 10.1 Å². The molecule has 0 radical (unpaired) electrons. The van der Waals surface area contributed by atoms with Gasteiger partial charge in [0.25, 0.3) is 5.69 Å². The first-order valence-corrected chi connectivity index (χ1v) is 8.71. The summed E-state index contributed by atoms with van der Waals surface area (Å²) in [5.41, 5.74) is 0.202. The second-order valence-corrected chi connectivity index (χ2v) is 6.64. The molecule has 1 aliphatic rings. The minimum Gasteiger partial charge on any atom is -0.355 e. The Balaban J connectivity index is 1.73. The zero-order valence-corrected chi connectivity index (χ0v) is 14.9. The van der Waals surface area contributed by atoms with Crippen molar-refractivity contribution in [1.82, 2.24) is 0 Å². The molecule has 1 saturated heterocycles. The van der Waals surface area contributed by atoms with Crippen molar-refractivity contribution in [3.05, 3.63) is 69.3 Å². The maximum absolute atomic E-state index is 12.9. The fourth-order valence-electron chi connectivity index (χ4n) is 3.41. The molecule has 0 bridgehead atoms. The number of nitrogens with one attached hydrogen (secondary N) is 1. The molecule has 0 amide bonds. The lowest BCUT2D eigenvalue weighted by Crippen LogP contribution is -3.13. The van der Waals surface area contributed by atoms with Gasteiger partial charge in [0.05, 0.1) is 48.3 Å². The van der Waals surface area contributed by atoms with Gasteiger partial charge in [0, 0.05) is 11.6 Å². The van der Waals surface area contributed by atoms with E-state index in [-0.39, 0.29) is 5.69 Å². The first-order chi connectivity index (χ1) is 13.3. The number of hydrogen-bond donors (Lipinski definition) is 1. The van der Waals surface area contributed by atoms with Gasteiger partial charge in [-0.1, -0.05) is 18.2 Å². The number of anilines is 1. The molecule has 9 heteroatoms. The highest BCUT2D eigenvalue weighted by atomic mass is 19.4. The van der Waals surface area contributed by atoms with Crippen molar-refractivity contribution >= 4 is 11.4 Å². The lowest BCUT2D eigenvalue weighted by Gasteiger charge is -2.33. The number of nitro benzene ring substituents is 1. The summed E-state index contributed by atoms with van der Waals surface area (Å²) < 4.78 is 38.6. The third kappa shape index (κ3) is 4.23. The van der Waals surface area contributed by atoms with Crippen LogP contribution in [-0.4, -0.2) is 31.1 Å². The second kappa shape index (κ2) is 7.86. The van der Waals surface area contributed by atoms with Crippen LogP contribution in [0.4, 0.5) is 24.5 Å². The number of rotatable bonds is 4. The van der Waals surface area contributed by atoms with E-state index in [2.05, 4.69) is 6.07 Å². The molecule has 0 atom stereocenters. The highest BCUT2D eigenvalue weighted by molar-refractivity contribution is 5.64. The number of hydrogen-bond acceptors (Lipinski definition) is 4. The third-order valence-electron chi connectivity index (χ3n) is 4.89. The van der Waals surface area contributed by atoms with E-state index in [0.717, 1.165) is 11.6 Å². The highest BCUT2D eigenvalue weighted by Crippen LogP contribution is 2.36. The smallest absolute Gasteiger partial charge is 0.355 e. The summed E-state index contributed by atoms with van der Waals surface area (Å²) in [6, 6.07) is 12.2. The summed E-state index contributed by atoms with van der Waals surface area (Å²) in [6.07, 6.45) is -4.62. The molecular formula is C19H18F3N4O2+. The summed E-state index contributed by atoms with van der Waals surface area (Å²) >= 11 is 0. The standard InChI is InChI=1S/C19H17F3N4O2/c20-19(21,22)16-5-6-17(18(11-16)26(27)28)25-9-7-24(8-10-25)13-15-4-2-1-3-14(15)12-23/h1-6,11H,7-10,13H2/p+1. The molecule has 0 spiro atoms. The Kier molecular flexibility index (Phi) is 5.51. The van der Waals surface area contributed by atoms with E-state index in [4.69, 9.17) is 0 Å². The van der Waals surface area contributed by atoms with Gasteiger partial charge in [-0.2, -0.15) is 18.4 Å². The molecule has 2 aromatic rings. The zero-order valence-electron chi connectivity index (χ0n) is 14.9. The molecule has 1 N–H and O–H groups in total. The zero-order chi connectivity index (χ0) is 20.3. The molecule has 146 valence electrons. The van der Waals surface area contributed by atoms with Gasteiger partial charge in [0.2, 0.25) is 0 Å². The van der Waals surface area contributed by atoms with Gasteiger partial charge < -0.3 is 9.80 Å².